The Morgan fingerprint density at radius 1 is 1.22 bits per heavy atom. The zero-order chi connectivity index (χ0) is 7.33. The van der Waals surface area contributed by atoms with Crippen LogP contribution in [0.25, 0.3) is 0 Å². The van der Waals surface area contributed by atoms with E-state index >= 15 is 0 Å². The highest BCUT2D eigenvalue weighted by Gasteiger charge is 2.20. The lowest BCUT2D eigenvalue weighted by Crippen LogP contribution is -2.55. The fourth-order valence-electron chi connectivity index (χ4n) is 0.198. The summed E-state index contributed by atoms with van der Waals surface area (Å²) < 4.78 is 0. The van der Waals surface area contributed by atoms with Crippen molar-refractivity contribution >= 4 is 19.0 Å². The lowest BCUT2D eigenvalue weighted by atomic mass is 10.2. The van der Waals surface area contributed by atoms with Gasteiger partial charge in [0.1, 0.15) is 0 Å². The maximum atomic E-state index is 9.87. The molecule has 3 N–H and O–H groups in total. The summed E-state index contributed by atoms with van der Waals surface area (Å²) in [5, 5.41) is 1.82. The van der Waals surface area contributed by atoms with Crippen molar-refractivity contribution in [3.8, 4) is 0 Å². The van der Waals surface area contributed by atoms with Crippen LogP contribution in [0.15, 0.2) is 0 Å². The van der Waals surface area contributed by atoms with Gasteiger partial charge in [-0.25, -0.2) is 0 Å². The summed E-state index contributed by atoms with van der Waals surface area (Å²) in [7, 11) is 0. The van der Waals surface area contributed by atoms with Crippen molar-refractivity contribution in [2.75, 3.05) is 0 Å². The molecule has 9 heavy (non-hydrogen) atoms. The van der Waals surface area contributed by atoms with Gasteiger partial charge in [-0.05, 0) is 0 Å². The van der Waals surface area contributed by atoms with Gasteiger partial charge >= 0.3 is 0 Å². The van der Waals surface area contributed by atoms with Crippen molar-refractivity contribution in [1.29, 1.82) is 0 Å². The monoisotopic (exact) mass is 130 g/mol. The third-order valence-corrected chi connectivity index (χ3v) is 0.699. The van der Waals surface area contributed by atoms with Crippen molar-refractivity contribution < 1.29 is 14.4 Å². The second-order valence-electron chi connectivity index (χ2n) is 1.43. The van der Waals surface area contributed by atoms with E-state index in [1.165, 1.54) is 0 Å². The van der Waals surface area contributed by atoms with E-state index < -0.39 is 5.66 Å². The highest BCUT2D eigenvalue weighted by atomic mass is 16.2. The molecule has 0 aliphatic rings. The molecular weight excluding hydrogens is 124 g/mol. The van der Waals surface area contributed by atoms with Gasteiger partial charge in [-0.1, -0.05) is 0 Å². The van der Waals surface area contributed by atoms with Gasteiger partial charge in [0.05, 0.1) is 0 Å². The molecule has 0 atom stereocenters. The van der Waals surface area contributed by atoms with Crippen LogP contribution in [0.5, 0.6) is 0 Å². The van der Waals surface area contributed by atoms with Gasteiger partial charge in [0, 0.05) is 0 Å². The van der Waals surface area contributed by atoms with Gasteiger partial charge in [0.15, 0.2) is 12.6 Å². The molecule has 5 nitrogen and oxygen atoms in total. The molecule has 0 saturated heterocycles. The van der Waals surface area contributed by atoms with Gasteiger partial charge < -0.3 is 5.32 Å². The summed E-state index contributed by atoms with van der Waals surface area (Å²) in [4.78, 5) is 29.4. The molecule has 50 valence electrons. The van der Waals surface area contributed by atoms with Crippen molar-refractivity contribution in [1.82, 2.24) is 5.32 Å². The third-order valence-electron chi connectivity index (χ3n) is 0.699. The van der Waals surface area contributed by atoms with Gasteiger partial charge in [-0.3, -0.25) is 20.1 Å². The minimum atomic E-state index is -1.85. The summed E-state index contributed by atoms with van der Waals surface area (Å²) in [6.45, 7) is 0. The van der Waals surface area contributed by atoms with E-state index in [4.69, 9.17) is 5.73 Å². The van der Waals surface area contributed by atoms with Crippen molar-refractivity contribution in [2.24, 2.45) is 5.73 Å². The van der Waals surface area contributed by atoms with Crippen LogP contribution in [-0.4, -0.2) is 24.6 Å². The first-order chi connectivity index (χ1) is 4.18. The molecule has 0 rings (SSSR count). The quantitative estimate of drug-likeness (QED) is 0.256. The zero-order valence-electron chi connectivity index (χ0n) is 4.53. The smallest absolute Gasteiger partial charge is 0.209 e. The largest absolute Gasteiger partial charge is 0.329 e. The predicted molar refractivity (Wildman–Crippen MR) is 28.2 cm³/mol. The van der Waals surface area contributed by atoms with Gasteiger partial charge in [-0.2, -0.15) is 0 Å². The van der Waals surface area contributed by atoms with Crippen molar-refractivity contribution in [2.45, 2.75) is 5.66 Å². The number of carbonyl (C=O) groups is 3. The van der Waals surface area contributed by atoms with E-state index in [1.807, 2.05) is 5.32 Å². The van der Waals surface area contributed by atoms with E-state index in [0.717, 1.165) is 0 Å². The first-order valence-electron chi connectivity index (χ1n) is 2.11. The lowest BCUT2D eigenvalue weighted by Gasteiger charge is -2.11. The van der Waals surface area contributed by atoms with E-state index in [2.05, 4.69) is 0 Å². The normalized spacial score (nSPS) is 9.89. The molecule has 1 amide bonds. The lowest BCUT2D eigenvalue weighted by molar-refractivity contribution is -0.126. The number of carbonyl (C=O) groups excluding carboxylic acids is 3. The molecule has 0 bridgehead atoms. The average Bonchev–Trinajstić information content (AvgIpc) is 1.89. The third kappa shape index (κ3) is 2.00. The Labute approximate surface area is 51.2 Å². The number of hydrogen-bond donors (Lipinski definition) is 2. The van der Waals surface area contributed by atoms with Crippen LogP contribution in [0, 0.1) is 0 Å². The number of rotatable bonds is 4. The predicted octanol–water partition coefficient (Wildman–Crippen LogP) is -2.21. The van der Waals surface area contributed by atoms with Crippen LogP contribution < -0.4 is 11.1 Å². The summed E-state index contributed by atoms with van der Waals surface area (Å²) in [5.41, 5.74) is 3.08. The maximum absolute atomic E-state index is 9.87. The Kier molecular flexibility index (Phi) is 2.53. The average molecular weight is 130 g/mol. The van der Waals surface area contributed by atoms with E-state index in [-0.39, 0.29) is 19.0 Å². The number of nitrogens with two attached hydrogens (primary N) is 1. The van der Waals surface area contributed by atoms with Crippen LogP contribution in [-0.2, 0) is 14.4 Å². The Hall–Kier alpha value is -1.23. The zero-order valence-corrected chi connectivity index (χ0v) is 4.53. The minimum absolute atomic E-state index is 0.147. The van der Waals surface area contributed by atoms with E-state index in [0.29, 0.717) is 0 Å². The van der Waals surface area contributed by atoms with Crippen molar-refractivity contribution in [3.05, 3.63) is 0 Å². The van der Waals surface area contributed by atoms with Gasteiger partial charge in [0.25, 0.3) is 0 Å². The summed E-state index contributed by atoms with van der Waals surface area (Å²) in [5.74, 6) is 0. The standard InChI is InChI=1S/C4H6N2O3/c5-4(1-7,2-8)6-3-9/h1-3H,5H2,(H,6,9). The molecule has 0 aliphatic carbocycles. The van der Waals surface area contributed by atoms with Crippen LogP contribution in [0.3, 0.4) is 0 Å². The van der Waals surface area contributed by atoms with Crippen molar-refractivity contribution in [3.63, 3.8) is 0 Å². The van der Waals surface area contributed by atoms with Crippen LogP contribution in [0.2, 0.25) is 0 Å². The van der Waals surface area contributed by atoms with Gasteiger partial charge in [-0.15, -0.1) is 0 Å². The SMILES string of the molecule is NC(C=O)(C=O)NC=O. The molecule has 0 heterocycles. The second-order valence-corrected chi connectivity index (χ2v) is 1.43. The molecule has 0 fully saturated rings. The Morgan fingerprint density at radius 2 is 1.67 bits per heavy atom. The number of amides is 1. The molecule has 0 aromatic heterocycles. The number of nitrogens with one attached hydrogen (secondary N) is 1. The highest BCUT2D eigenvalue weighted by Crippen LogP contribution is 1.78. The summed E-state index contributed by atoms with van der Waals surface area (Å²) >= 11 is 0. The first-order valence-corrected chi connectivity index (χ1v) is 2.11. The number of hydrogen-bond acceptors (Lipinski definition) is 4. The van der Waals surface area contributed by atoms with Crippen LogP contribution in [0.4, 0.5) is 0 Å². The molecule has 0 saturated carbocycles. The Morgan fingerprint density at radius 3 is 1.78 bits per heavy atom. The number of aldehydes is 2. The molecule has 0 aromatic rings. The molecule has 0 aromatic carbocycles. The topological polar surface area (TPSA) is 89.3 Å². The molecule has 0 unspecified atom stereocenters. The fourth-order valence-corrected chi connectivity index (χ4v) is 0.198. The van der Waals surface area contributed by atoms with E-state index in [1.54, 1.807) is 0 Å². The van der Waals surface area contributed by atoms with Crippen LogP contribution in [0.1, 0.15) is 0 Å². The first kappa shape index (κ1) is 7.77. The van der Waals surface area contributed by atoms with Gasteiger partial charge in [0.2, 0.25) is 12.1 Å². The minimum Gasteiger partial charge on any atom is -0.329 e. The Balaban J connectivity index is 4.06. The maximum Gasteiger partial charge on any atom is 0.209 e. The molecule has 0 spiro atoms. The summed E-state index contributed by atoms with van der Waals surface area (Å²) in [6, 6.07) is 0. The Bertz CT molecular complexity index is 126. The highest BCUT2D eigenvalue weighted by molar-refractivity contribution is 5.90. The fraction of sp³-hybridized carbons (Fsp3) is 0.250. The molecule has 5 heteroatoms. The summed E-state index contributed by atoms with van der Waals surface area (Å²) in [6.07, 6.45) is 0.478. The van der Waals surface area contributed by atoms with Crippen LogP contribution >= 0.6 is 0 Å². The molecule has 0 aliphatic heterocycles. The molecular formula is C4H6N2O3. The van der Waals surface area contributed by atoms with E-state index in [9.17, 15) is 14.4 Å². The molecule has 0 radical (unpaired) electrons. The second kappa shape index (κ2) is 2.93.